The number of fused-ring (bicyclic) bond motifs is 1. The molecular weight excluding hydrogens is 502 g/mol. The molecule has 0 amide bonds. The number of aromatic nitrogens is 3. The predicted molar refractivity (Wildman–Crippen MR) is 148 cm³/mol. The molecule has 4 heterocycles. The Bertz CT molecular complexity index is 1290. The molecule has 3 aromatic rings. The zero-order chi connectivity index (χ0) is 26.5. The predicted octanol–water partition coefficient (Wildman–Crippen LogP) is 3.92. The van der Waals surface area contributed by atoms with Crippen molar-refractivity contribution < 1.29 is 17.9 Å². The van der Waals surface area contributed by atoms with E-state index >= 15 is 0 Å². The number of benzene rings is 1. The normalized spacial score (nSPS) is 18.4. The Morgan fingerprint density at radius 1 is 1.05 bits per heavy atom. The molecule has 0 spiro atoms. The van der Waals surface area contributed by atoms with E-state index in [1.807, 2.05) is 18.5 Å². The van der Waals surface area contributed by atoms with Gasteiger partial charge in [0.15, 0.2) is 11.5 Å². The highest BCUT2D eigenvalue weighted by Gasteiger charge is 2.29. The number of anilines is 1. The first kappa shape index (κ1) is 27.0. The molecule has 1 aromatic carbocycles. The van der Waals surface area contributed by atoms with Gasteiger partial charge < -0.3 is 14.4 Å². The molecular formula is C28H39N5O4S. The highest BCUT2D eigenvalue weighted by molar-refractivity contribution is 7.89. The smallest absolute Gasteiger partial charge is 0.225 e. The van der Waals surface area contributed by atoms with Crippen LogP contribution < -0.4 is 4.90 Å². The van der Waals surface area contributed by atoms with Gasteiger partial charge in [0.1, 0.15) is 5.52 Å². The second kappa shape index (κ2) is 12.1. The fourth-order valence-electron chi connectivity index (χ4n) is 5.69. The van der Waals surface area contributed by atoms with Crippen LogP contribution in [0.3, 0.4) is 0 Å². The summed E-state index contributed by atoms with van der Waals surface area (Å²) in [4.78, 5) is 16.2. The number of piperidine rings is 2. The van der Waals surface area contributed by atoms with Crippen molar-refractivity contribution in [3.8, 4) is 0 Å². The Kier molecular flexibility index (Phi) is 8.60. The zero-order valence-electron chi connectivity index (χ0n) is 22.3. The van der Waals surface area contributed by atoms with E-state index in [2.05, 4.69) is 33.9 Å². The van der Waals surface area contributed by atoms with Gasteiger partial charge in [-0.3, -0.25) is 0 Å². The van der Waals surface area contributed by atoms with E-state index < -0.39 is 10.0 Å². The van der Waals surface area contributed by atoms with Crippen molar-refractivity contribution >= 4 is 27.1 Å². The van der Waals surface area contributed by atoms with Crippen LogP contribution in [-0.2, 0) is 22.9 Å². The van der Waals surface area contributed by atoms with Crippen molar-refractivity contribution in [2.75, 3.05) is 43.4 Å². The van der Waals surface area contributed by atoms with Crippen molar-refractivity contribution in [1.82, 2.24) is 19.3 Å². The molecule has 2 aliphatic heterocycles. The molecule has 2 aliphatic rings. The summed E-state index contributed by atoms with van der Waals surface area (Å²) < 4.78 is 32.6. The molecule has 0 radical (unpaired) electrons. The molecule has 2 aromatic heterocycles. The van der Waals surface area contributed by atoms with E-state index in [4.69, 9.17) is 14.5 Å². The number of aryl methyl sites for hydroxylation is 1. The first-order valence-electron chi connectivity index (χ1n) is 14.0. The van der Waals surface area contributed by atoms with E-state index in [1.54, 1.807) is 4.31 Å². The first-order valence-corrected chi connectivity index (χ1v) is 15.6. The summed E-state index contributed by atoms with van der Waals surface area (Å²) in [6.07, 6.45) is 10.8. The van der Waals surface area contributed by atoms with E-state index in [1.165, 1.54) is 11.1 Å². The van der Waals surface area contributed by atoms with Gasteiger partial charge in [0, 0.05) is 51.6 Å². The quantitative estimate of drug-likeness (QED) is 0.411. The van der Waals surface area contributed by atoms with E-state index in [9.17, 15) is 8.42 Å². The second-order valence-electron chi connectivity index (χ2n) is 10.7. The Labute approximate surface area is 225 Å². The third kappa shape index (κ3) is 6.35. The topological polar surface area (TPSA) is 113 Å². The molecule has 1 N–H and O–H groups in total. The van der Waals surface area contributed by atoms with E-state index in [0.29, 0.717) is 24.9 Å². The maximum Gasteiger partial charge on any atom is 0.225 e. The summed E-state index contributed by atoms with van der Waals surface area (Å²) >= 11 is 0. The number of nitrogens with zero attached hydrogens (tertiary/aromatic N) is 5. The third-order valence-electron chi connectivity index (χ3n) is 7.93. The van der Waals surface area contributed by atoms with Gasteiger partial charge in [-0.15, -0.1) is 0 Å². The van der Waals surface area contributed by atoms with Gasteiger partial charge in [-0.05, 0) is 73.6 Å². The van der Waals surface area contributed by atoms with Crippen LogP contribution in [0.5, 0.6) is 0 Å². The van der Waals surface area contributed by atoms with Crippen molar-refractivity contribution in [2.24, 2.45) is 5.92 Å². The largest absolute Gasteiger partial charge is 0.441 e. The van der Waals surface area contributed by atoms with Gasteiger partial charge >= 0.3 is 0 Å². The minimum Gasteiger partial charge on any atom is -0.441 e. The van der Waals surface area contributed by atoms with Crippen LogP contribution >= 0.6 is 0 Å². The van der Waals surface area contributed by atoms with E-state index in [0.717, 1.165) is 81.0 Å². The van der Waals surface area contributed by atoms with Gasteiger partial charge in [-0.2, -0.15) is 0 Å². The molecule has 0 bridgehead atoms. The molecule has 10 heteroatoms. The molecule has 5 rings (SSSR count). The van der Waals surface area contributed by atoms with Gasteiger partial charge in [0.2, 0.25) is 16.0 Å². The molecule has 0 saturated carbocycles. The molecule has 2 saturated heterocycles. The van der Waals surface area contributed by atoms with Crippen molar-refractivity contribution in [2.45, 2.75) is 64.2 Å². The summed E-state index contributed by atoms with van der Waals surface area (Å²) in [7, 11) is -3.29. The van der Waals surface area contributed by atoms with Crippen LogP contribution in [0.15, 0.2) is 35.0 Å². The van der Waals surface area contributed by atoms with Crippen molar-refractivity contribution in [3.63, 3.8) is 0 Å². The molecule has 38 heavy (non-hydrogen) atoms. The average molecular weight is 542 g/mol. The lowest BCUT2D eigenvalue weighted by Crippen LogP contribution is -2.39. The minimum atomic E-state index is -3.29. The Morgan fingerprint density at radius 2 is 1.79 bits per heavy atom. The molecule has 0 unspecified atom stereocenters. The lowest BCUT2D eigenvalue weighted by molar-refractivity contribution is 0.290. The number of hydrogen-bond donors (Lipinski definition) is 1. The number of rotatable bonds is 10. The fraction of sp³-hybridized carbons (Fsp3) is 0.607. The van der Waals surface area contributed by atoms with Crippen molar-refractivity contribution in [3.05, 3.63) is 47.6 Å². The summed E-state index contributed by atoms with van der Waals surface area (Å²) in [5, 5.41) is 8.97. The lowest BCUT2D eigenvalue weighted by Gasteiger charge is -2.31. The molecule has 9 nitrogen and oxygen atoms in total. The number of sulfonamides is 1. The number of oxazole rings is 1. The van der Waals surface area contributed by atoms with Crippen molar-refractivity contribution in [1.29, 1.82) is 0 Å². The minimum absolute atomic E-state index is 0.0138. The van der Waals surface area contributed by atoms with E-state index in [-0.39, 0.29) is 18.8 Å². The highest BCUT2D eigenvalue weighted by atomic mass is 32.2. The molecule has 2 fully saturated rings. The molecule has 206 valence electrons. The Hall–Kier alpha value is -2.56. The average Bonchev–Trinajstić information content (AvgIpc) is 3.34. The third-order valence-corrected chi connectivity index (χ3v) is 9.88. The maximum atomic E-state index is 12.4. The van der Waals surface area contributed by atoms with Gasteiger partial charge in [0.25, 0.3) is 0 Å². The SMILES string of the molecule is CCCc1cnc(N2CCC(Cc3nc4ccc(C5CCN(S(=O)(=O)CCCO)CC5)cc4o3)CC2)nc1. The summed E-state index contributed by atoms with van der Waals surface area (Å²) in [5.74, 6) is 2.46. The van der Waals surface area contributed by atoms with Crippen LogP contribution in [0.4, 0.5) is 5.95 Å². The van der Waals surface area contributed by atoms with Crippen LogP contribution in [0.2, 0.25) is 0 Å². The zero-order valence-corrected chi connectivity index (χ0v) is 23.1. The number of aliphatic hydroxyl groups excluding tert-OH is 1. The summed E-state index contributed by atoms with van der Waals surface area (Å²) in [6.45, 7) is 4.98. The van der Waals surface area contributed by atoms with Crippen LogP contribution in [0.1, 0.15) is 68.4 Å². The second-order valence-corrected chi connectivity index (χ2v) is 12.8. The fourth-order valence-corrected chi connectivity index (χ4v) is 7.21. The number of aliphatic hydroxyl groups is 1. The van der Waals surface area contributed by atoms with Crippen LogP contribution in [0.25, 0.3) is 11.1 Å². The molecule has 0 aliphatic carbocycles. The molecule has 0 atom stereocenters. The lowest BCUT2D eigenvalue weighted by atomic mass is 9.90. The maximum absolute atomic E-state index is 12.4. The Balaban J connectivity index is 1.15. The monoisotopic (exact) mass is 541 g/mol. The Morgan fingerprint density at radius 3 is 2.47 bits per heavy atom. The van der Waals surface area contributed by atoms with Gasteiger partial charge in [-0.1, -0.05) is 19.4 Å². The highest BCUT2D eigenvalue weighted by Crippen LogP contribution is 2.32. The summed E-state index contributed by atoms with van der Waals surface area (Å²) in [5.41, 5.74) is 4.07. The van der Waals surface area contributed by atoms with Gasteiger partial charge in [-0.25, -0.2) is 27.7 Å². The van der Waals surface area contributed by atoms with Gasteiger partial charge in [0.05, 0.1) is 5.75 Å². The van der Waals surface area contributed by atoms with Crippen LogP contribution in [-0.4, -0.2) is 71.3 Å². The number of hydrogen-bond acceptors (Lipinski definition) is 8. The first-order chi connectivity index (χ1) is 18.4. The summed E-state index contributed by atoms with van der Waals surface area (Å²) in [6, 6.07) is 6.23. The van der Waals surface area contributed by atoms with Crippen LogP contribution in [0, 0.1) is 5.92 Å². The standard InChI is InChI=1S/C28H39N5O4S/c1-2-4-22-19-29-28(30-20-22)32-11-7-21(8-12-32)17-27-31-25-6-5-24(18-26(25)37-27)23-9-13-33(14-10-23)38(35,36)16-3-15-34/h5-6,18-21,23,34H,2-4,7-17H2,1H3.